The maximum Gasteiger partial charge on any atom is 0.338 e. The number of para-hydroxylation sites is 1. The molecule has 0 unspecified atom stereocenters. The predicted octanol–water partition coefficient (Wildman–Crippen LogP) is 1.87. The lowest BCUT2D eigenvalue weighted by atomic mass is 10.3. The van der Waals surface area contributed by atoms with Crippen molar-refractivity contribution in [3.8, 4) is 0 Å². The summed E-state index contributed by atoms with van der Waals surface area (Å²) in [6.45, 7) is -0.0848. The highest BCUT2D eigenvalue weighted by atomic mass is 35.5. The molecule has 1 heterocycles. The van der Waals surface area contributed by atoms with Gasteiger partial charge >= 0.3 is 5.97 Å². The fourth-order valence-corrected chi connectivity index (χ4v) is 1.64. The fraction of sp³-hybridized carbons (Fsp3) is 0.0833. The lowest BCUT2D eigenvalue weighted by molar-refractivity contribution is -0.116. The summed E-state index contributed by atoms with van der Waals surface area (Å²) in [5.74, 6) is -1.43. The van der Waals surface area contributed by atoms with Gasteiger partial charge in [-0.05, 0) is 12.1 Å². The van der Waals surface area contributed by atoms with E-state index < -0.39 is 5.97 Å². The van der Waals surface area contributed by atoms with Gasteiger partial charge in [0, 0.05) is 6.20 Å². The molecule has 0 fully saturated rings. The number of carbonyl (C=O) groups excluding carboxylic acids is 1. The van der Waals surface area contributed by atoms with Crippen LogP contribution in [0, 0.1) is 0 Å². The van der Waals surface area contributed by atoms with Gasteiger partial charge in [0.15, 0.2) is 0 Å². The van der Waals surface area contributed by atoms with Gasteiger partial charge in [0.25, 0.3) is 0 Å². The topological polar surface area (TPSA) is 84.2 Å². The Morgan fingerprint density at radius 2 is 2.11 bits per heavy atom. The smallest absolute Gasteiger partial charge is 0.338 e. The standard InChI is InChI=1S/C12H10ClN3O3/c13-9-3-1-2-4-10(9)15-11(17)7-16-6-8(5-14-16)12(18)19/h1-6H,7H2,(H,15,17)(H,18,19). The first kappa shape index (κ1) is 13.1. The van der Waals surface area contributed by atoms with E-state index >= 15 is 0 Å². The molecule has 2 rings (SSSR count). The van der Waals surface area contributed by atoms with Crippen LogP contribution >= 0.6 is 11.6 Å². The number of carboxylic acid groups (broad SMARTS) is 1. The molecule has 1 amide bonds. The lowest BCUT2D eigenvalue weighted by Gasteiger charge is -2.06. The third kappa shape index (κ3) is 3.32. The van der Waals surface area contributed by atoms with Gasteiger partial charge in [-0.15, -0.1) is 0 Å². The zero-order valence-corrected chi connectivity index (χ0v) is 10.5. The molecule has 2 N–H and O–H groups in total. The number of aromatic nitrogens is 2. The van der Waals surface area contributed by atoms with Crippen molar-refractivity contribution in [1.82, 2.24) is 9.78 Å². The highest BCUT2D eigenvalue weighted by molar-refractivity contribution is 6.33. The number of carboxylic acids is 1. The average Bonchev–Trinajstić information content (AvgIpc) is 2.80. The number of amides is 1. The van der Waals surface area contributed by atoms with Crippen LogP contribution in [0.4, 0.5) is 5.69 Å². The molecule has 2 aromatic rings. The van der Waals surface area contributed by atoms with Crippen LogP contribution in [0.25, 0.3) is 0 Å². The van der Waals surface area contributed by atoms with E-state index in [9.17, 15) is 9.59 Å². The predicted molar refractivity (Wildman–Crippen MR) is 69.3 cm³/mol. The summed E-state index contributed by atoms with van der Waals surface area (Å²) in [4.78, 5) is 22.4. The Bertz CT molecular complexity index is 624. The van der Waals surface area contributed by atoms with Crippen molar-refractivity contribution < 1.29 is 14.7 Å². The Labute approximate surface area is 113 Å². The minimum atomic E-state index is -1.09. The SMILES string of the molecule is O=C(Cn1cc(C(=O)O)cn1)Nc1ccccc1Cl. The van der Waals surface area contributed by atoms with Gasteiger partial charge < -0.3 is 10.4 Å². The van der Waals surface area contributed by atoms with Crippen molar-refractivity contribution in [1.29, 1.82) is 0 Å². The summed E-state index contributed by atoms with van der Waals surface area (Å²) >= 11 is 5.90. The normalized spacial score (nSPS) is 10.2. The maximum atomic E-state index is 11.7. The monoisotopic (exact) mass is 279 g/mol. The van der Waals surface area contributed by atoms with E-state index in [0.717, 1.165) is 0 Å². The number of benzene rings is 1. The number of hydrogen-bond donors (Lipinski definition) is 2. The highest BCUT2D eigenvalue weighted by Crippen LogP contribution is 2.20. The number of nitrogens with one attached hydrogen (secondary N) is 1. The van der Waals surface area contributed by atoms with E-state index in [1.807, 2.05) is 0 Å². The summed E-state index contributed by atoms with van der Waals surface area (Å²) in [6.07, 6.45) is 2.47. The van der Waals surface area contributed by atoms with E-state index in [2.05, 4.69) is 10.4 Å². The molecule has 0 bridgehead atoms. The number of carbonyl (C=O) groups is 2. The van der Waals surface area contributed by atoms with Crippen LogP contribution in [0.2, 0.25) is 5.02 Å². The van der Waals surface area contributed by atoms with Crippen molar-refractivity contribution in [3.63, 3.8) is 0 Å². The Morgan fingerprint density at radius 3 is 2.74 bits per heavy atom. The quantitative estimate of drug-likeness (QED) is 0.895. The summed E-state index contributed by atoms with van der Waals surface area (Å²) in [5, 5.41) is 15.6. The largest absolute Gasteiger partial charge is 0.478 e. The number of halogens is 1. The fourth-order valence-electron chi connectivity index (χ4n) is 1.46. The van der Waals surface area contributed by atoms with Crippen LogP contribution in [-0.2, 0) is 11.3 Å². The second kappa shape index (κ2) is 5.53. The first-order chi connectivity index (χ1) is 9.06. The van der Waals surface area contributed by atoms with Crippen molar-refractivity contribution in [2.45, 2.75) is 6.54 Å². The van der Waals surface area contributed by atoms with Crippen LogP contribution in [-0.4, -0.2) is 26.8 Å². The van der Waals surface area contributed by atoms with Crippen molar-refractivity contribution >= 4 is 29.2 Å². The Balaban J connectivity index is 2.01. The van der Waals surface area contributed by atoms with Crippen molar-refractivity contribution in [2.75, 3.05) is 5.32 Å². The van der Waals surface area contributed by atoms with Gasteiger partial charge in [0.05, 0.1) is 22.5 Å². The molecule has 0 radical (unpaired) electrons. The van der Waals surface area contributed by atoms with Gasteiger partial charge in [-0.25, -0.2) is 4.79 Å². The molecule has 0 saturated heterocycles. The molecule has 98 valence electrons. The molecule has 1 aromatic heterocycles. The zero-order valence-electron chi connectivity index (χ0n) is 9.71. The minimum Gasteiger partial charge on any atom is -0.478 e. The molecule has 19 heavy (non-hydrogen) atoms. The second-order valence-corrected chi connectivity index (χ2v) is 4.17. The van der Waals surface area contributed by atoms with E-state index in [4.69, 9.17) is 16.7 Å². The Kier molecular flexibility index (Phi) is 3.82. The van der Waals surface area contributed by atoms with E-state index in [0.29, 0.717) is 10.7 Å². The van der Waals surface area contributed by atoms with Gasteiger partial charge in [-0.1, -0.05) is 23.7 Å². The summed E-state index contributed by atoms with van der Waals surface area (Å²) in [5.41, 5.74) is 0.533. The molecule has 0 atom stereocenters. The third-order valence-corrected chi connectivity index (χ3v) is 2.66. The van der Waals surface area contributed by atoms with E-state index in [1.165, 1.54) is 17.1 Å². The first-order valence-electron chi connectivity index (χ1n) is 5.36. The van der Waals surface area contributed by atoms with E-state index in [1.54, 1.807) is 24.3 Å². The van der Waals surface area contributed by atoms with Gasteiger partial charge in [-0.3, -0.25) is 9.48 Å². The number of aromatic carboxylic acids is 1. The Morgan fingerprint density at radius 1 is 1.37 bits per heavy atom. The number of hydrogen-bond acceptors (Lipinski definition) is 3. The highest BCUT2D eigenvalue weighted by Gasteiger charge is 2.10. The Hall–Kier alpha value is -2.34. The molecule has 1 aromatic carbocycles. The first-order valence-corrected chi connectivity index (χ1v) is 5.74. The summed E-state index contributed by atoms with van der Waals surface area (Å²) in [6, 6.07) is 6.84. The van der Waals surface area contributed by atoms with Gasteiger partial charge in [0.2, 0.25) is 5.91 Å². The second-order valence-electron chi connectivity index (χ2n) is 3.76. The molecule has 0 aliphatic heterocycles. The summed E-state index contributed by atoms with van der Waals surface area (Å²) < 4.78 is 1.25. The van der Waals surface area contributed by atoms with Crippen LogP contribution in [0.15, 0.2) is 36.7 Å². The van der Waals surface area contributed by atoms with Crippen molar-refractivity contribution in [3.05, 3.63) is 47.2 Å². The number of nitrogens with zero attached hydrogens (tertiary/aromatic N) is 2. The molecule has 0 spiro atoms. The minimum absolute atomic E-state index is 0.0329. The molecule has 7 heteroatoms. The number of anilines is 1. The molecular formula is C12H10ClN3O3. The molecule has 0 aliphatic rings. The molecular weight excluding hydrogens is 270 g/mol. The van der Waals surface area contributed by atoms with Gasteiger partial charge in [-0.2, -0.15) is 5.10 Å². The van der Waals surface area contributed by atoms with E-state index in [-0.39, 0.29) is 18.0 Å². The van der Waals surface area contributed by atoms with Crippen LogP contribution in [0.1, 0.15) is 10.4 Å². The third-order valence-electron chi connectivity index (χ3n) is 2.33. The molecule has 6 nitrogen and oxygen atoms in total. The average molecular weight is 280 g/mol. The summed E-state index contributed by atoms with van der Waals surface area (Å²) in [7, 11) is 0. The van der Waals surface area contributed by atoms with Crippen molar-refractivity contribution in [2.24, 2.45) is 0 Å². The molecule has 0 saturated carbocycles. The van der Waals surface area contributed by atoms with Crippen LogP contribution in [0.3, 0.4) is 0 Å². The van der Waals surface area contributed by atoms with Gasteiger partial charge in [0.1, 0.15) is 6.54 Å². The van der Waals surface area contributed by atoms with Crippen LogP contribution < -0.4 is 5.32 Å². The molecule has 0 aliphatic carbocycles. The van der Waals surface area contributed by atoms with Crippen LogP contribution in [0.5, 0.6) is 0 Å². The zero-order chi connectivity index (χ0) is 13.8. The number of rotatable bonds is 4. The maximum absolute atomic E-state index is 11.7. The lowest BCUT2D eigenvalue weighted by Crippen LogP contribution is -2.19.